The molecule has 1 atom stereocenters. The molecule has 2 aliphatic heterocycles. The number of hydrogen-bond donors (Lipinski definition) is 5. The molecule has 1 aromatic heterocycles. The number of carbonyl (C=O) groups excluding carboxylic acids is 3. The Bertz CT molecular complexity index is 2230. The highest BCUT2D eigenvalue weighted by Gasteiger charge is 2.38. The number of carboxylic acid groups (broad SMARTS) is 1. The molecular weight excluding hydrogens is 721 g/mol. The number of H-pyrrole nitrogens is 1. The van der Waals surface area contributed by atoms with Gasteiger partial charge in [0.05, 0.1) is 27.4 Å². The van der Waals surface area contributed by atoms with Crippen molar-refractivity contribution >= 4 is 55.8 Å². The molecule has 0 saturated carbocycles. The third-order valence-corrected chi connectivity index (χ3v) is 10.6. The van der Waals surface area contributed by atoms with Crippen LogP contribution >= 0.6 is 0 Å². The smallest absolute Gasteiger partial charge is 0.475 e. The molecule has 4 bridgehead atoms. The first-order valence-corrected chi connectivity index (χ1v) is 17.6. The van der Waals surface area contributed by atoms with E-state index in [0.29, 0.717) is 33.4 Å². The normalized spacial score (nSPS) is 15.3. The van der Waals surface area contributed by atoms with Gasteiger partial charge < -0.3 is 30.9 Å². The third kappa shape index (κ3) is 9.56. The summed E-state index contributed by atoms with van der Waals surface area (Å²) in [5.74, 6) is -3.95. The lowest BCUT2D eigenvalue weighted by Gasteiger charge is -2.26. The van der Waals surface area contributed by atoms with Gasteiger partial charge in [0.2, 0.25) is 17.7 Å². The second kappa shape index (κ2) is 15.9. The van der Waals surface area contributed by atoms with Gasteiger partial charge in [-0.05, 0) is 91.9 Å². The Hall–Kier alpha value is -5.78. The lowest BCUT2D eigenvalue weighted by molar-refractivity contribution is -0.192. The van der Waals surface area contributed by atoms with Crippen molar-refractivity contribution in [2.45, 2.75) is 70.1 Å². The van der Waals surface area contributed by atoms with Crippen LogP contribution in [-0.4, -0.2) is 70.1 Å². The Labute approximate surface area is 301 Å². The zero-order valence-corrected chi connectivity index (χ0v) is 30.0. The Kier molecular flexibility index (Phi) is 12.0. The van der Waals surface area contributed by atoms with Crippen molar-refractivity contribution in [2.75, 3.05) is 17.2 Å². The molecule has 0 saturated heterocycles. The van der Waals surface area contributed by atoms with Crippen LogP contribution in [-0.2, 0) is 42.1 Å². The maximum atomic E-state index is 14.0. The fourth-order valence-corrected chi connectivity index (χ4v) is 6.79. The molecule has 6 rings (SSSR count). The van der Waals surface area contributed by atoms with Crippen LogP contribution in [0, 0.1) is 13.8 Å². The highest BCUT2D eigenvalue weighted by Crippen LogP contribution is 2.29. The molecule has 3 amide bonds. The van der Waals surface area contributed by atoms with E-state index in [1.165, 1.54) is 36.4 Å². The summed E-state index contributed by atoms with van der Waals surface area (Å²) in [5.41, 5.74) is 4.35. The highest BCUT2D eigenvalue weighted by atomic mass is 32.2. The van der Waals surface area contributed by atoms with Crippen molar-refractivity contribution in [3.05, 3.63) is 93.0 Å². The first kappa shape index (κ1) is 40.0. The minimum absolute atomic E-state index is 0.0362. The van der Waals surface area contributed by atoms with Crippen molar-refractivity contribution in [3.8, 4) is 0 Å². The number of sulfone groups is 1. The second-order valence-corrected chi connectivity index (χ2v) is 15.0. The van der Waals surface area contributed by atoms with Gasteiger partial charge in [-0.1, -0.05) is 12.1 Å². The summed E-state index contributed by atoms with van der Waals surface area (Å²) in [7, 11) is -3.75. The molecule has 14 nitrogen and oxygen atoms in total. The van der Waals surface area contributed by atoms with Gasteiger partial charge in [0.1, 0.15) is 12.6 Å². The van der Waals surface area contributed by atoms with Crippen molar-refractivity contribution in [3.63, 3.8) is 0 Å². The van der Waals surface area contributed by atoms with Crippen LogP contribution < -0.4 is 21.5 Å². The number of rotatable bonds is 4. The van der Waals surface area contributed by atoms with E-state index in [1.54, 1.807) is 32.0 Å². The molecule has 282 valence electrons. The minimum atomic E-state index is -5.08. The molecule has 0 radical (unpaired) electrons. The standard InChI is InChI=1S/C33H36N6O6S.C2HF3O2/c1-18(2)46(44,45)29-9-7-24-12-23(29)14-34-33(43)31(38-25-6-8-28-26(13-25)32(42)36-17-35-28)22-10-19(3)27(20(4)11-22)15-39(21(5)40)16-30(41)37-24;3-2(4,5)1(6)7/h6-13,17-18,31,38H,14-16H2,1-5H3,(H,34,43)(H,37,41)(H,35,36,42);(H,6,7). The van der Waals surface area contributed by atoms with E-state index < -0.39 is 45.1 Å². The fraction of sp³-hybridized carbons (Fsp3) is 0.314. The summed E-state index contributed by atoms with van der Waals surface area (Å²) in [6, 6.07) is 12.2. The summed E-state index contributed by atoms with van der Waals surface area (Å²) in [4.78, 5) is 69.3. The van der Waals surface area contributed by atoms with Crippen molar-refractivity contribution in [1.29, 1.82) is 0 Å². The number of amides is 3. The molecule has 3 aromatic carbocycles. The number of aromatic nitrogens is 2. The van der Waals surface area contributed by atoms with Crippen molar-refractivity contribution in [1.82, 2.24) is 20.2 Å². The number of alkyl halides is 3. The van der Waals surface area contributed by atoms with E-state index in [2.05, 4.69) is 25.9 Å². The number of benzene rings is 3. The predicted octanol–water partition coefficient (Wildman–Crippen LogP) is 4.13. The third-order valence-electron chi connectivity index (χ3n) is 8.36. The SMILES string of the molecule is CC(=O)N1CC(=O)Nc2ccc(S(=O)(=O)C(C)C)c(c2)CNC(=O)C(Nc2ccc3nc[nH]c(=O)c3c2)c2cc(C)c(c(C)c2)C1.O=C(O)C(F)(F)F. The molecule has 0 aliphatic carbocycles. The topological polar surface area (TPSA) is 208 Å². The predicted molar refractivity (Wildman–Crippen MR) is 189 cm³/mol. The summed E-state index contributed by atoms with van der Waals surface area (Å²) >= 11 is 0. The molecule has 2 aliphatic rings. The molecule has 5 N–H and O–H groups in total. The Morgan fingerprint density at radius 1 is 1.00 bits per heavy atom. The largest absolute Gasteiger partial charge is 0.490 e. The molecular formula is C35H37F3N6O8S. The number of aromatic amines is 1. The van der Waals surface area contributed by atoms with E-state index in [-0.39, 0.29) is 36.0 Å². The van der Waals surface area contributed by atoms with Crippen molar-refractivity contribution in [2.24, 2.45) is 0 Å². The molecule has 1 unspecified atom stereocenters. The van der Waals surface area contributed by atoms with E-state index >= 15 is 0 Å². The van der Waals surface area contributed by atoms with Crippen molar-refractivity contribution < 1.29 is 45.9 Å². The lowest BCUT2D eigenvalue weighted by Crippen LogP contribution is -2.37. The first-order chi connectivity index (χ1) is 24.7. The Morgan fingerprint density at radius 3 is 2.23 bits per heavy atom. The van der Waals surface area contributed by atoms with Gasteiger partial charge in [0.15, 0.2) is 9.84 Å². The maximum Gasteiger partial charge on any atom is 0.490 e. The summed E-state index contributed by atoms with van der Waals surface area (Å²) in [6.45, 7) is 8.08. The molecule has 18 heteroatoms. The van der Waals surface area contributed by atoms with Gasteiger partial charge in [0, 0.05) is 31.4 Å². The minimum Gasteiger partial charge on any atom is -0.475 e. The van der Waals surface area contributed by atoms with Crippen LogP contribution in [0.5, 0.6) is 0 Å². The van der Waals surface area contributed by atoms with Crippen LogP contribution in [0.3, 0.4) is 0 Å². The average molecular weight is 759 g/mol. The molecule has 0 spiro atoms. The van der Waals surface area contributed by atoms with E-state index in [1.807, 2.05) is 26.0 Å². The van der Waals surface area contributed by atoms with Gasteiger partial charge in [-0.3, -0.25) is 19.2 Å². The number of carbonyl (C=O) groups is 4. The fourth-order valence-electron chi connectivity index (χ4n) is 5.52. The number of nitrogens with one attached hydrogen (secondary N) is 4. The summed E-state index contributed by atoms with van der Waals surface area (Å²) < 4.78 is 58.3. The van der Waals surface area contributed by atoms with E-state index in [0.717, 1.165) is 16.7 Å². The first-order valence-electron chi connectivity index (χ1n) is 16.0. The number of halogens is 3. The Morgan fingerprint density at radius 2 is 1.64 bits per heavy atom. The number of nitrogens with zero attached hydrogens (tertiary/aromatic N) is 2. The number of carboxylic acids is 1. The van der Waals surface area contributed by atoms with Crippen LogP contribution in [0.2, 0.25) is 0 Å². The van der Waals surface area contributed by atoms with Gasteiger partial charge in [-0.2, -0.15) is 13.2 Å². The number of fused-ring (bicyclic) bond motifs is 10. The summed E-state index contributed by atoms with van der Waals surface area (Å²) in [5, 5.41) is 15.6. The van der Waals surface area contributed by atoms with E-state index in [4.69, 9.17) is 9.90 Å². The van der Waals surface area contributed by atoms with Crippen LogP contribution in [0.1, 0.15) is 54.6 Å². The van der Waals surface area contributed by atoms with Gasteiger partial charge in [-0.15, -0.1) is 0 Å². The number of hydrogen-bond acceptors (Lipinski definition) is 9. The summed E-state index contributed by atoms with van der Waals surface area (Å²) in [6.07, 6.45) is -3.76. The average Bonchev–Trinajstić information content (AvgIpc) is 3.06. The lowest BCUT2D eigenvalue weighted by atomic mass is 9.94. The number of aliphatic carboxylic acids is 1. The number of anilines is 2. The van der Waals surface area contributed by atoms with Crippen LogP contribution in [0.15, 0.2) is 64.5 Å². The number of aryl methyl sites for hydroxylation is 2. The molecule has 53 heavy (non-hydrogen) atoms. The van der Waals surface area contributed by atoms with Gasteiger partial charge >= 0.3 is 12.1 Å². The van der Waals surface area contributed by atoms with Gasteiger partial charge in [0.25, 0.3) is 5.56 Å². The second-order valence-electron chi connectivity index (χ2n) is 12.5. The maximum absolute atomic E-state index is 14.0. The highest BCUT2D eigenvalue weighted by molar-refractivity contribution is 7.92. The monoisotopic (exact) mass is 758 g/mol. The zero-order valence-electron chi connectivity index (χ0n) is 29.2. The molecule has 4 aromatic rings. The molecule has 3 heterocycles. The van der Waals surface area contributed by atoms with E-state index in [9.17, 15) is 40.8 Å². The quantitative estimate of drug-likeness (QED) is 0.201. The van der Waals surface area contributed by atoms with Gasteiger partial charge in [-0.25, -0.2) is 18.2 Å². The van der Waals surface area contributed by atoms with Crippen LogP contribution in [0.4, 0.5) is 24.5 Å². The van der Waals surface area contributed by atoms with Crippen LogP contribution in [0.25, 0.3) is 10.9 Å². The zero-order chi connectivity index (χ0) is 39.4. The Balaban J connectivity index is 0.000000815. The molecule has 0 fully saturated rings.